The lowest BCUT2D eigenvalue weighted by molar-refractivity contribution is 0.454. The molecule has 1 aromatic rings. The summed E-state index contributed by atoms with van der Waals surface area (Å²) in [6.07, 6.45) is 2.27. The topological polar surface area (TPSA) is 72.2 Å². The van der Waals surface area contributed by atoms with Gasteiger partial charge in [-0.2, -0.15) is 0 Å². The van der Waals surface area contributed by atoms with Crippen LogP contribution in [0.3, 0.4) is 0 Å². The van der Waals surface area contributed by atoms with Crippen LogP contribution in [0.15, 0.2) is 24.3 Å². The predicted molar refractivity (Wildman–Crippen MR) is 72.9 cm³/mol. The molecule has 1 fully saturated rings. The third-order valence-electron chi connectivity index (χ3n) is 3.42. The summed E-state index contributed by atoms with van der Waals surface area (Å²) in [5, 5.41) is 0.0531. The van der Waals surface area contributed by atoms with Crippen LogP contribution < -0.4 is 11.3 Å². The molecule has 4 nitrogen and oxygen atoms in total. The van der Waals surface area contributed by atoms with Crippen molar-refractivity contribution in [3.8, 4) is 0 Å². The molecule has 3 N–H and O–H groups in total. The van der Waals surface area contributed by atoms with Gasteiger partial charge in [-0.25, -0.2) is 8.42 Å². The van der Waals surface area contributed by atoms with Gasteiger partial charge in [-0.05, 0) is 24.5 Å². The van der Waals surface area contributed by atoms with E-state index in [1.807, 2.05) is 18.2 Å². The monoisotopic (exact) mass is 288 g/mol. The average Bonchev–Trinajstić information content (AvgIpc) is 2.34. The fourth-order valence-electron chi connectivity index (χ4n) is 2.48. The van der Waals surface area contributed by atoms with Gasteiger partial charge >= 0.3 is 0 Å². The quantitative estimate of drug-likeness (QED) is 0.657. The molecule has 0 spiro atoms. The first-order valence-corrected chi connectivity index (χ1v) is 8.08. The predicted octanol–water partition coefficient (Wildman–Crippen LogP) is 1.81. The summed E-state index contributed by atoms with van der Waals surface area (Å²) in [5.41, 5.74) is 3.37. The molecule has 1 aromatic carbocycles. The van der Waals surface area contributed by atoms with Crippen LogP contribution in [0.25, 0.3) is 0 Å². The van der Waals surface area contributed by atoms with Gasteiger partial charge in [0.05, 0.1) is 17.0 Å². The van der Waals surface area contributed by atoms with Crippen molar-refractivity contribution < 1.29 is 8.42 Å². The number of hydrazine groups is 1. The zero-order chi connectivity index (χ0) is 13.2. The normalized spacial score (nSPS) is 24.7. The summed E-state index contributed by atoms with van der Waals surface area (Å²) < 4.78 is 24.3. The molecule has 0 bridgehead atoms. The molecule has 2 unspecified atom stereocenters. The maximum absolute atomic E-state index is 12.1. The summed E-state index contributed by atoms with van der Waals surface area (Å²) in [7, 11) is -3.10. The molecule has 0 radical (unpaired) electrons. The van der Waals surface area contributed by atoms with E-state index in [1.54, 1.807) is 6.07 Å². The lowest BCUT2D eigenvalue weighted by Gasteiger charge is -2.30. The molecule has 0 aromatic heterocycles. The van der Waals surface area contributed by atoms with Crippen LogP contribution in [0.5, 0.6) is 0 Å². The van der Waals surface area contributed by atoms with Crippen molar-refractivity contribution in [2.24, 2.45) is 5.84 Å². The third-order valence-corrected chi connectivity index (χ3v) is 6.05. The summed E-state index contributed by atoms with van der Waals surface area (Å²) in [6, 6.07) is 6.77. The SMILES string of the molecule is NNC(c1ccccc1Cl)C1CCCCS1(=O)=O. The van der Waals surface area contributed by atoms with Gasteiger partial charge in [0.25, 0.3) is 0 Å². The van der Waals surface area contributed by atoms with Crippen molar-refractivity contribution in [1.29, 1.82) is 0 Å². The molecular weight excluding hydrogens is 272 g/mol. The van der Waals surface area contributed by atoms with E-state index in [-0.39, 0.29) is 5.75 Å². The first kappa shape index (κ1) is 13.8. The first-order valence-electron chi connectivity index (χ1n) is 5.98. The second kappa shape index (κ2) is 5.57. The van der Waals surface area contributed by atoms with Crippen molar-refractivity contribution in [1.82, 2.24) is 5.43 Å². The summed E-state index contributed by atoms with van der Waals surface area (Å²) in [4.78, 5) is 0. The second-order valence-electron chi connectivity index (χ2n) is 4.57. The number of hydrogen-bond acceptors (Lipinski definition) is 4. The van der Waals surface area contributed by atoms with Gasteiger partial charge in [-0.1, -0.05) is 36.2 Å². The number of halogens is 1. The molecule has 0 saturated carbocycles. The van der Waals surface area contributed by atoms with Crippen LogP contribution in [0.1, 0.15) is 30.9 Å². The van der Waals surface area contributed by atoms with Crippen LogP contribution in [0, 0.1) is 0 Å². The Morgan fingerprint density at radius 1 is 1.33 bits per heavy atom. The second-order valence-corrected chi connectivity index (χ2v) is 7.31. The molecule has 100 valence electrons. The Balaban J connectivity index is 2.37. The van der Waals surface area contributed by atoms with E-state index >= 15 is 0 Å². The highest BCUT2D eigenvalue weighted by atomic mass is 35.5. The highest BCUT2D eigenvalue weighted by Gasteiger charge is 2.36. The van der Waals surface area contributed by atoms with Crippen LogP contribution >= 0.6 is 11.6 Å². The van der Waals surface area contributed by atoms with E-state index < -0.39 is 21.1 Å². The van der Waals surface area contributed by atoms with Gasteiger partial charge in [0.2, 0.25) is 0 Å². The molecule has 1 aliphatic heterocycles. The number of rotatable bonds is 3. The molecule has 2 atom stereocenters. The molecule has 1 aliphatic rings. The lowest BCUT2D eigenvalue weighted by atomic mass is 10.00. The highest BCUT2D eigenvalue weighted by Crippen LogP contribution is 2.33. The highest BCUT2D eigenvalue weighted by molar-refractivity contribution is 7.92. The minimum absolute atomic E-state index is 0.236. The van der Waals surface area contributed by atoms with Gasteiger partial charge in [0.1, 0.15) is 0 Å². The van der Waals surface area contributed by atoms with Gasteiger partial charge in [0, 0.05) is 5.02 Å². The molecule has 0 amide bonds. The molecule has 6 heteroatoms. The minimum atomic E-state index is -3.10. The fourth-order valence-corrected chi connectivity index (χ4v) is 4.81. The molecule has 0 aliphatic carbocycles. The number of nitrogens with two attached hydrogens (primary N) is 1. The number of nitrogens with one attached hydrogen (secondary N) is 1. The molecule has 1 heterocycles. The molecular formula is C12H17ClN2O2S. The van der Waals surface area contributed by atoms with E-state index in [2.05, 4.69) is 5.43 Å². The van der Waals surface area contributed by atoms with Gasteiger partial charge < -0.3 is 0 Å². The standard InChI is InChI=1S/C12H17ClN2O2S/c13-10-6-2-1-5-9(10)12(15-14)11-7-3-4-8-18(11,16)17/h1-2,5-6,11-12,15H,3-4,7-8,14H2. The van der Waals surface area contributed by atoms with E-state index in [4.69, 9.17) is 17.4 Å². The average molecular weight is 289 g/mol. The Bertz CT molecular complexity index is 519. The van der Waals surface area contributed by atoms with Crippen molar-refractivity contribution in [3.05, 3.63) is 34.9 Å². The Kier molecular flexibility index (Phi) is 4.27. The zero-order valence-corrected chi connectivity index (χ0v) is 11.5. The summed E-state index contributed by atoms with van der Waals surface area (Å²) in [5.74, 6) is 5.79. The van der Waals surface area contributed by atoms with E-state index in [9.17, 15) is 8.42 Å². The third kappa shape index (κ3) is 2.69. The van der Waals surface area contributed by atoms with E-state index in [0.717, 1.165) is 18.4 Å². The van der Waals surface area contributed by atoms with Crippen LogP contribution in [-0.4, -0.2) is 19.4 Å². The van der Waals surface area contributed by atoms with Gasteiger partial charge in [-0.3, -0.25) is 11.3 Å². The summed E-state index contributed by atoms with van der Waals surface area (Å²) in [6.45, 7) is 0. The Labute approximate surface area is 112 Å². The van der Waals surface area contributed by atoms with E-state index in [1.165, 1.54) is 0 Å². The largest absolute Gasteiger partial charge is 0.271 e. The van der Waals surface area contributed by atoms with E-state index in [0.29, 0.717) is 11.4 Å². The van der Waals surface area contributed by atoms with Crippen molar-refractivity contribution >= 4 is 21.4 Å². The summed E-state index contributed by atoms with van der Waals surface area (Å²) >= 11 is 6.12. The maximum atomic E-state index is 12.1. The van der Waals surface area contributed by atoms with Crippen molar-refractivity contribution in [3.63, 3.8) is 0 Å². The first-order chi connectivity index (χ1) is 8.56. The van der Waals surface area contributed by atoms with Crippen molar-refractivity contribution in [2.75, 3.05) is 5.75 Å². The van der Waals surface area contributed by atoms with Gasteiger partial charge in [0.15, 0.2) is 9.84 Å². The number of sulfone groups is 1. The lowest BCUT2D eigenvalue weighted by Crippen LogP contribution is -2.43. The smallest absolute Gasteiger partial charge is 0.155 e. The zero-order valence-electron chi connectivity index (χ0n) is 9.97. The van der Waals surface area contributed by atoms with Crippen molar-refractivity contribution in [2.45, 2.75) is 30.6 Å². The minimum Gasteiger partial charge on any atom is -0.271 e. The number of hydrogen-bond donors (Lipinski definition) is 2. The molecule has 1 saturated heterocycles. The van der Waals surface area contributed by atoms with Gasteiger partial charge in [-0.15, -0.1) is 0 Å². The Morgan fingerprint density at radius 3 is 2.67 bits per heavy atom. The Hall–Kier alpha value is -0.620. The maximum Gasteiger partial charge on any atom is 0.155 e. The fraction of sp³-hybridized carbons (Fsp3) is 0.500. The molecule has 2 rings (SSSR count). The number of benzene rings is 1. The Morgan fingerprint density at radius 2 is 2.06 bits per heavy atom. The van der Waals surface area contributed by atoms with Crippen LogP contribution in [-0.2, 0) is 9.84 Å². The van der Waals surface area contributed by atoms with Crippen LogP contribution in [0.2, 0.25) is 5.02 Å². The van der Waals surface area contributed by atoms with Crippen LogP contribution in [0.4, 0.5) is 0 Å². The molecule has 18 heavy (non-hydrogen) atoms.